The van der Waals surface area contributed by atoms with Gasteiger partial charge in [0.15, 0.2) is 11.2 Å². The lowest BCUT2D eigenvalue weighted by Crippen LogP contribution is -2.52. The van der Waals surface area contributed by atoms with E-state index in [1.165, 1.54) is 0 Å². The molecule has 0 saturated carbocycles. The molecule has 0 radical (unpaired) electrons. The summed E-state index contributed by atoms with van der Waals surface area (Å²) in [4.78, 5) is 27.2. The fourth-order valence-corrected chi connectivity index (χ4v) is 4.69. The summed E-state index contributed by atoms with van der Waals surface area (Å²) in [6.07, 6.45) is 1.28. The van der Waals surface area contributed by atoms with Crippen LogP contribution in [0.4, 0.5) is 5.13 Å². The van der Waals surface area contributed by atoms with Crippen molar-refractivity contribution in [3.8, 4) is 5.75 Å². The minimum atomic E-state index is -0.512. The van der Waals surface area contributed by atoms with Crippen LogP contribution in [0.3, 0.4) is 0 Å². The van der Waals surface area contributed by atoms with Crippen molar-refractivity contribution in [2.75, 3.05) is 31.1 Å². The van der Waals surface area contributed by atoms with Crippen molar-refractivity contribution in [1.29, 1.82) is 0 Å². The van der Waals surface area contributed by atoms with Crippen molar-refractivity contribution < 1.29 is 9.53 Å². The molecule has 30 heavy (non-hydrogen) atoms. The Balaban J connectivity index is 1.39. The monoisotopic (exact) mass is 424 g/mol. The van der Waals surface area contributed by atoms with Gasteiger partial charge in [-0.15, -0.1) is 0 Å². The molecule has 0 spiro atoms. The van der Waals surface area contributed by atoms with Crippen molar-refractivity contribution in [3.05, 3.63) is 47.7 Å². The van der Waals surface area contributed by atoms with Crippen molar-refractivity contribution in [3.63, 3.8) is 0 Å². The molecule has 0 bridgehead atoms. The van der Waals surface area contributed by atoms with Crippen LogP contribution in [0.1, 0.15) is 37.8 Å². The average molecular weight is 425 g/mol. The number of hydrogen-bond donors (Lipinski definition) is 0. The van der Waals surface area contributed by atoms with Gasteiger partial charge in [-0.05, 0) is 49.1 Å². The third-order valence-corrected chi connectivity index (χ3v) is 6.50. The third kappa shape index (κ3) is 4.26. The SMILES string of the molecule is Cc1ccc(C(C)C)c(OC(C)C(=O)N2CCN(c3nc4cccnc4s3)CC2)c1. The summed E-state index contributed by atoms with van der Waals surface area (Å²) in [5.41, 5.74) is 3.19. The van der Waals surface area contributed by atoms with Gasteiger partial charge in [0.2, 0.25) is 0 Å². The second-order valence-electron chi connectivity index (χ2n) is 8.09. The number of nitrogens with zero attached hydrogens (tertiary/aromatic N) is 4. The maximum Gasteiger partial charge on any atom is 0.263 e. The molecule has 0 aliphatic carbocycles. The number of pyridine rings is 1. The highest BCUT2D eigenvalue weighted by atomic mass is 32.1. The maximum atomic E-state index is 13.0. The van der Waals surface area contributed by atoms with Crippen LogP contribution >= 0.6 is 11.3 Å². The first-order valence-electron chi connectivity index (χ1n) is 10.4. The molecule has 158 valence electrons. The van der Waals surface area contributed by atoms with Crippen LogP contribution in [0, 0.1) is 6.92 Å². The molecule has 1 atom stereocenters. The van der Waals surface area contributed by atoms with Gasteiger partial charge in [-0.3, -0.25) is 4.79 Å². The summed E-state index contributed by atoms with van der Waals surface area (Å²) in [7, 11) is 0. The van der Waals surface area contributed by atoms with Gasteiger partial charge in [-0.2, -0.15) is 0 Å². The lowest BCUT2D eigenvalue weighted by atomic mass is 10.0. The largest absolute Gasteiger partial charge is 0.481 e. The van der Waals surface area contributed by atoms with Crippen LogP contribution in [0.5, 0.6) is 5.75 Å². The van der Waals surface area contributed by atoms with Gasteiger partial charge in [0, 0.05) is 32.4 Å². The number of carbonyl (C=O) groups is 1. The number of aryl methyl sites for hydroxylation is 1. The number of benzene rings is 1. The van der Waals surface area contributed by atoms with Crippen LogP contribution in [-0.4, -0.2) is 53.1 Å². The molecule has 1 aliphatic rings. The normalized spacial score (nSPS) is 15.6. The first kappa shape index (κ1) is 20.6. The zero-order valence-electron chi connectivity index (χ0n) is 18.0. The molecular formula is C23H28N4O2S. The molecule has 6 nitrogen and oxygen atoms in total. The summed E-state index contributed by atoms with van der Waals surface area (Å²) in [6.45, 7) is 11.0. The maximum absolute atomic E-state index is 13.0. The Morgan fingerprint density at radius 1 is 1.13 bits per heavy atom. The van der Waals surface area contributed by atoms with Crippen LogP contribution in [0.25, 0.3) is 10.3 Å². The summed E-state index contributed by atoms with van der Waals surface area (Å²) in [5.74, 6) is 1.19. The number of amides is 1. The fourth-order valence-electron chi connectivity index (χ4n) is 3.73. The Hall–Kier alpha value is -2.67. The van der Waals surface area contributed by atoms with Gasteiger partial charge in [0.1, 0.15) is 16.1 Å². The van der Waals surface area contributed by atoms with Gasteiger partial charge in [0.05, 0.1) is 0 Å². The molecule has 4 rings (SSSR count). The Morgan fingerprint density at radius 3 is 2.60 bits per heavy atom. The van der Waals surface area contributed by atoms with Crippen molar-refractivity contribution >= 4 is 32.7 Å². The molecule has 0 N–H and O–H groups in total. The topological polar surface area (TPSA) is 58.6 Å². The van der Waals surface area contributed by atoms with Gasteiger partial charge in [-0.1, -0.05) is 37.3 Å². The summed E-state index contributed by atoms with van der Waals surface area (Å²) in [6, 6.07) is 10.1. The quantitative estimate of drug-likeness (QED) is 0.613. The summed E-state index contributed by atoms with van der Waals surface area (Å²) >= 11 is 1.60. The number of piperazine rings is 1. The molecule has 1 unspecified atom stereocenters. The Morgan fingerprint density at radius 2 is 1.90 bits per heavy atom. The molecule has 1 fully saturated rings. The number of thiazole rings is 1. The summed E-state index contributed by atoms with van der Waals surface area (Å²) in [5, 5.41) is 0.974. The van der Waals surface area contributed by atoms with E-state index in [-0.39, 0.29) is 5.91 Å². The van der Waals surface area contributed by atoms with E-state index in [0.29, 0.717) is 19.0 Å². The third-order valence-electron chi connectivity index (χ3n) is 5.46. The number of carbonyl (C=O) groups excluding carboxylic acids is 1. The van der Waals surface area contributed by atoms with E-state index in [2.05, 4.69) is 40.8 Å². The molecular weight excluding hydrogens is 396 g/mol. The predicted molar refractivity (Wildman–Crippen MR) is 122 cm³/mol. The minimum Gasteiger partial charge on any atom is -0.481 e. The van der Waals surface area contributed by atoms with Gasteiger partial charge >= 0.3 is 0 Å². The minimum absolute atomic E-state index is 0.0387. The van der Waals surface area contributed by atoms with E-state index >= 15 is 0 Å². The molecule has 3 heterocycles. The van der Waals surface area contributed by atoms with E-state index in [4.69, 9.17) is 4.74 Å². The molecule has 7 heteroatoms. The second-order valence-corrected chi connectivity index (χ2v) is 9.05. The Kier molecular flexibility index (Phi) is 5.90. The van der Waals surface area contributed by atoms with Crippen LogP contribution in [-0.2, 0) is 4.79 Å². The smallest absolute Gasteiger partial charge is 0.263 e. The number of anilines is 1. The molecule has 3 aromatic rings. The van der Waals surface area contributed by atoms with Gasteiger partial charge < -0.3 is 14.5 Å². The van der Waals surface area contributed by atoms with Crippen molar-refractivity contribution in [2.45, 2.75) is 39.7 Å². The average Bonchev–Trinajstić information content (AvgIpc) is 3.17. The van der Waals surface area contributed by atoms with Crippen molar-refractivity contribution in [1.82, 2.24) is 14.9 Å². The van der Waals surface area contributed by atoms with E-state index in [9.17, 15) is 4.79 Å². The van der Waals surface area contributed by atoms with Crippen LogP contribution in [0.15, 0.2) is 36.5 Å². The summed E-state index contributed by atoms with van der Waals surface area (Å²) < 4.78 is 6.13. The van der Waals surface area contributed by atoms with Crippen LogP contribution in [0.2, 0.25) is 0 Å². The highest BCUT2D eigenvalue weighted by molar-refractivity contribution is 7.21. The fraction of sp³-hybridized carbons (Fsp3) is 0.435. The standard InChI is InChI=1S/C23H28N4O2S/c1-15(2)18-8-7-16(3)14-20(18)29-17(4)22(28)26-10-12-27(13-11-26)23-25-19-6-5-9-24-21(19)30-23/h5-9,14-15,17H,10-13H2,1-4H3. The zero-order valence-corrected chi connectivity index (χ0v) is 18.8. The highest BCUT2D eigenvalue weighted by Crippen LogP contribution is 2.29. The van der Waals surface area contributed by atoms with Gasteiger partial charge in [0.25, 0.3) is 5.91 Å². The molecule has 2 aromatic heterocycles. The Labute approximate surface area is 181 Å². The van der Waals surface area contributed by atoms with E-state index in [1.807, 2.05) is 36.9 Å². The number of hydrogen-bond acceptors (Lipinski definition) is 6. The second kappa shape index (κ2) is 8.60. The lowest BCUT2D eigenvalue weighted by Gasteiger charge is -2.35. The Bertz CT molecular complexity index is 1010. The number of aromatic nitrogens is 2. The van der Waals surface area contributed by atoms with E-state index < -0.39 is 6.10 Å². The zero-order chi connectivity index (χ0) is 21.3. The number of fused-ring (bicyclic) bond motifs is 1. The molecule has 1 aliphatic heterocycles. The van der Waals surface area contributed by atoms with Crippen LogP contribution < -0.4 is 9.64 Å². The first-order chi connectivity index (χ1) is 14.4. The molecule has 1 amide bonds. The van der Waals surface area contributed by atoms with E-state index in [0.717, 1.165) is 45.4 Å². The molecule has 1 aromatic carbocycles. The number of rotatable bonds is 5. The predicted octanol–water partition coefficient (Wildman–Crippen LogP) is 4.24. The number of ether oxygens (including phenoxy) is 1. The van der Waals surface area contributed by atoms with Gasteiger partial charge in [-0.25, -0.2) is 9.97 Å². The van der Waals surface area contributed by atoms with E-state index in [1.54, 1.807) is 17.5 Å². The first-order valence-corrected chi connectivity index (χ1v) is 11.3. The van der Waals surface area contributed by atoms with Crippen molar-refractivity contribution in [2.24, 2.45) is 0 Å². The highest BCUT2D eigenvalue weighted by Gasteiger charge is 2.28. The molecule has 1 saturated heterocycles. The lowest BCUT2D eigenvalue weighted by molar-refractivity contribution is -0.138.